The van der Waals surface area contributed by atoms with Crippen LogP contribution in [0.2, 0.25) is 0 Å². The Kier molecular flexibility index (Phi) is 42.4. The van der Waals surface area contributed by atoms with Crippen LogP contribution in [0.5, 0.6) is 0 Å². The van der Waals surface area contributed by atoms with E-state index in [1.54, 1.807) is 0 Å². The summed E-state index contributed by atoms with van der Waals surface area (Å²) >= 11 is 0. The van der Waals surface area contributed by atoms with Crippen molar-refractivity contribution in [3.63, 3.8) is 0 Å². The first-order valence-electron chi connectivity index (χ1n) is 30.1. The second-order valence-electron chi connectivity index (χ2n) is 21.2. The number of hydrogen-bond donors (Lipinski definition) is 24. The smallest absolute Gasteiger partial charge is 0.326 e. The van der Waals surface area contributed by atoms with E-state index in [-0.39, 0.29) is 159 Å². The Bertz CT molecular complexity index is 2510. The summed E-state index contributed by atoms with van der Waals surface area (Å²) in [6.07, 6.45) is -0.0362. The maximum Gasteiger partial charge on any atom is 0.326 e. The molecular weight excluding hydrogens is 1210 g/mol. The zero-order chi connectivity index (χ0) is 69.7. The number of amides is 10. The molecule has 0 aromatic rings. The highest BCUT2D eigenvalue weighted by Crippen LogP contribution is 2.12. The van der Waals surface area contributed by atoms with Crippen LogP contribution in [0.3, 0.4) is 0 Å². The molecule has 40 heteroatoms. The van der Waals surface area contributed by atoms with Crippen molar-refractivity contribution in [3.05, 3.63) is 0 Å². The number of rotatable bonds is 50. The van der Waals surface area contributed by atoms with Crippen LogP contribution in [0.1, 0.15) is 122 Å². The first-order valence-corrected chi connectivity index (χ1v) is 30.1. The number of primary amides is 1. The lowest BCUT2D eigenvalue weighted by Gasteiger charge is -2.28. The normalized spacial score (nSPS) is 13.7. The number of carboxylic acids is 1. The number of aliphatic imine (C=N–C) groups is 5. The largest absolute Gasteiger partial charge is 0.480 e. The number of nitrogens with zero attached hydrogens (tertiary/aromatic N) is 5. The molecule has 92 heavy (non-hydrogen) atoms. The Labute approximate surface area is 533 Å². The molecule has 0 fully saturated rings. The van der Waals surface area contributed by atoms with Crippen LogP contribution in [0.25, 0.3) is 0 Å². The molecule has 0 rings (SSSR count). The Morgan fingerprint density at radius 3 is 0.815 bits per heavy atom. The van der Waals surface area contributed by atoms with E-state index >= 15 is 0 Å². The molecule has 38 N–H and O–H groups in total. The van der Waals surface area contributed by atoms with E-state index in [1.165, 1.54) is 6.92 Å². The van der Waals surface area contributed by atoms with Crippen molar-refractivity contribution in [1.29, 1.82) is 0 Å². The second-order valence-corrected chi connectivity index (χ2v) is 21.2. The predicted molar refractivity (Wildman–Crippen MR) is 344 cm³/mol. The minimum Gasteiger partial charge on any atom is -0.480 e. The zero-order valence-electron chi connectivity index (χ0n) is 52.3. The molecule has 0 bridgehead atoms. The monoisotopic (exact) mass is 1310 g/mol. The minimum atomic E-state index is -1.66. The van der Waals surface area contributed by atoms with Crippen molar-refractivity contribution in [2.45, 2.75) is 177 Å². The Balaban J connectivity index is 7.39. The highest BCUT2D eigenvalue weighted by Gasteiger charge is 2.35. The van der Waals surface area contributed by atoms with Gasteiger partial charge in [-0.1, -0.05) is 0 Å². The summed E-state index contributed by atoms with van der Waals surface area (Å²) < 4.78 is 0. The van der Waals surface area contributed by atoms with Crippen LogP contribution in [0.15, 0.2) is 25.0 Å². The lowest BCUT2D eigenvalue weighted by Crippen LogP contribution is -2.60. The number of aliphatic carboxylic acids is 1. The van der Waals surface area contributed by atoms with Gasteiger partial charge in [0.05, 0.1) is 12.6 Å². The molecule has 0 saturated heterocycles. The van der Waals surface area contributed by atoms with Crippen LogP contribution < -0.4 is 128 Å². The summed E-state index contributed by atoms with van der Waals surface area (Å²) in [5.41, 5.74) is 77.5. The third-order valence-corrected chi connectivity index (χ3v) is 13.2. The Morgan fingerprint density at radius 2 is 0.576 bits per heavy atom. The van der Waals surface area contributed by atoms with Gasteiger partial charge in [0.25, 0.3) is 0 Å². The lowest BCUT2D eigenvalue weighted by molar-refractivity contribution is -0.142. The molecular formula is C52H102N28O12. The van der Waals surface area contributed by atoms with E-state index in [0.29, 0.717) is 19.3 Å². The topological polar surface area (TPSA) is 742 Å². The number of carbonyl (C=O) groups is 11. The van der Waals surface area contributed by atoms with Crippen molar-refractivity contribution >= 4 is 94.8 Å². The fraction of sp³-hybridized carbons (Fsp3) is 0.692. The van der Waals surface area contributed by atoms with Gasteiger partial charge in [-0.2, -0.15) is 0 Å². The first-order chi connectivity index (χ1) is 43.4. The number of unbranched alkanes of at least 4 members (excludes halogenated alkanes) is 2. The summed E-state index contributed by atoms with van der Waals surface area (Å²) in [4.78, 5) is 169. The van der Waals surface area contributed by atoms with Gasteiger partial charge in [0.15, 0.2) is 29.8 Å². The number of hydrogen-bond acceptors (Lipinski definition) is 19. The maximum atomic E-state index is 14.6. The number of nitrogens with one attached hydrogen (secondary N) is 9. The molecule has 0 radical (unpaired) electrons. The summed E-state index contributed by atoms with van der Waals surface area (Å²) in [7, 11) is 0. The minimum absolute atomic E-state index is 0.00793. The van der Waals surface area contributed by atoms with E-state index in [4.69, 9.17) is 80.3 Å². The molecule has 0 aliphatic carbocycles. The molecule has 0 aliphatic rings. The molecule has 0 saturated carbocycles. The van der Waals surface area contributed by atoms with E-state index in [2.05, 4.69) is 72.8 Å². The fourth-order valence-corrected chi connectivity index (χ4v) is 8.41. The molecule has 0 aliphatic heterocycles. The highest BCUT2D eigenvalue weighted by molar-refractivity contribution is 5.98. The fourth-order valence-electron chi connectivity index (χ4n) is 8.41. The number of nitrogens with two attached hydrogens (primary N) is 14. The van der Waals surface area contributed by atoms with Crippen molar-refractivity contribution in [1.82, 2.24) is 47.9 Å². The van der Waals surface area contributed by atoms with E-state index in [1.807, 2.05) is 0 Å². The Morgan fingerprint density at radius 1 is 0.337 bits per heavy atom. The van der Waals surface area contributed by atoms with Crippen LogP contribution in [0.4, 0.5) is 0 Å². The molecule has 0 spiro atoms. The van der Waals surface area contributed by atoms with E-state index in [9.17, 15) is 57.8 Å². The average molecular weight is 1310 g/mol. The van der Waals surface area contributed by atoms with E-state index < -0.39 is 139 Å². The van der Waals surface area contributed by atoms with Crippen molar-refractivity contribution < 1.29 is 57.8 Å². The zero-order valence-corrected chi connectivity index (χ0v) is 52.3. The third-order valence-electron chi connectivity index (χ3n) is 13.2. The van der Waals surface area contributed by atoms with Crippen LogP contribution >= 0.6 is 0 Å². The molecule has 0 unspecified atom stereocenters. The molecule has 9 atom stereocenters. The summed E-state index contributed by atoms with van der Waals surface area (Å²) in [5, 5.41) is 32.8. The quantitative estimate of drug-likeness (QED) is 0.0153. The van der Waals surface area contributed by atoms with Crippen LogP contribution in [0, 0.1) is 0 Å². The first kappa shape index (κ1) is 82.4. The van der Waals surface area contributed by atoms with Gasteiger partial charge in [-0.05, 0) is 129 Å². The molecule has 522 valence electrons. The molecule has 0 heterocycles. The summed E-state index contributed by atoms with van der Waals surface area (Å²) in [6.45, 7) is 1.20. The Hall–Kier alpha value is -9.60. The van der Waals surface area contributed by atoms with E-state index in [0.717, 1.165) is 0 Å². The van der Waals surface area contributed by atoms with Crippen molar-refractivity contribution in [2.75, 3.05) is 52.4 Å². The second kappa shape index (κ2) is 47.4. The van der Waals surface area contributed by atoms with Gasteiger partial charge >= 0.3 is 5.97 Å². The predicted octanol–water partition coefficient (Wildman–Crippen LogP) is -10.8. The summed E-state index contributed by atoms with van der Waals surface area (Å²) in [6, 6.07) is -12.7. The third kappa shape index (κ3) is 39.4. The van der Waals surface area contributed by atoms with Gasteiger partial charge in [-0.25, -0.2) is 4.79 Å². The SMILES string of the molecule is C[C@H](N)C(=O)NCC(=O)N[C@@H](CCCN=C(N)N)C(=O)N[C@@H](CCCCN)C(=O)N[C@@H](CCCCN)C(=O)N[C@@H](CCCN=C(N)N)C(=O)N[C@@H](CCCN=C(N)N)C(=O)N[C@@H](CCC(N)=O)C(=O)N[C@@H](CCCN=C(N)N)C(=O)N[C@@H](CCCN=C(N)N)C(=O)O. The maximum absolute atomic E-state index is 14.6. The molecule has 0 aromatic carbocycles. The highest BCUT2D eigenvalue weighted by atomic mass is 16.4. The van der Waals surface area contributed by atoms with Crippen molar-refractivity contribution in [3.8, 4) is 0 Å². The lowest BCUT2D eigenvalue weighted by atomic mass is 10.0. The number of carboxylic acid groups (broad SMARTS) is 1. The van der Waals surface area contributed by atoms with Gasteiger partial charge in [-0.15, -0.1) is 0 Å². The van der Waals surface area contributed by atoms with Gasteiger partial charge in [-0.3, -0.25) is 72.9 Å². The summed E-state index contributed by atoms with van der Waals surface area (Å²) in [5.74, 6) is -11.7. The average Bonchev–Trinajstić information content (AvgIpc) is 1.06. The molecule has 40 nitrogen and oxygen atoms in total. The van der Waals surface area contributed by atoms with Crippen molar-refractivity contribution in [2.24, 2.45) is 105 Å². The molecule has 0 aromatic heterocycles. The van der Waals surface area contributed by atoms with Gasteiger partial charge in [0.1, 0.15) is 48.3 Å². The number of carbonyl (C=O) groups excluding carboxylic acids is 10. The van der Waals surface area contributed by atoms with Crippen LogP contribution in [-0.2, 0) is 52.7 Å². The van der Waals surface area contributed by atoms with Gasteiger partial charge < -0.3 is 133 Å². The number of guanidine groups is 5. The van der Waals surface area contributed by atoms with Gasteiger partial charge in [0.2, 0.25) is 59.1 Å². The van der Waals surface area contributed by atoms with Gasteiger partial charge in [0, 0.05) is 39.1 Å². The molecule has 10 amide bonds. The van der Waals surface area contributed by atoms with Crippen LogP contribution in [-0.4, -0.2) is 207 Å². The standard InChI is InChI=1S/C52H102N28O12/c1-28(55)39(83)72-27-38(82)73-29(13-6-22-67-48(57)58)40(84)74-30(11-2-4-20-53)41(85)75-31(12-3-5-21-54)42(86)76-32(14-7-23-68-49(59)60)43(87)77-33(15-8-24-69-50(61)62)44(88)79-35(18-19-37(56)81)46(90)78-34(16-9-25-70-51(63)64)45(89)80-36(47(91)92)17-10-26-71-52(65)66/h28-36H,2-27,53-55H2,1H3,(H2,56,81)(H,72,83)(H,73,82)(H,74,84)(H,75,85)(H,76,86)(H,77,87)(H,78,90)(H,79,88)(H,80,89)(H,91,92)(H4,57,58,67)(H4,59,60,68)(H4,61,62,69)(H4,63,64,70)(H4,65,66,71)/t28-,29-,30-,31-,32-,33-,34-,35-,36-/m0/s1.